The first-order chi connectivity index (χ1) is 11.8. The molecule has 2 aromatic rings. The Morgan fingerprint density at radius 2 is 1.88 bits per heavy atom. The van der Waals surface area contributed by atoms with Crippen LogP contribution in [0.25, 0.3) is 0 Å². The third-order valence-corrected chi connectivity index (χ3v) is 4.25. The minimum atomic E-state index is -1.68. The van der Waals surface area contributed by atoms with Gasteiger partial charge in [0.2, 0.25) is 0 Å². The van der Waals surface area contributed by atoms with Crippen molar-refractivity contribution in [1.29, 1.82) is 0 Å². The average molecular weight is 360 g/mol. The van der Waals surface area contributed by atoms with Gasteiger partial charge in [-0.25, -0.2) is 0 Å². The number of anilines is 3. The number of amides is 2. The highest BCUT2D eigenvalue weighted by molar-refractivity contribution is 6.31. The Kier molecular flexibility index (Phi) is 4.30. The lowest BCUT2D eigenvalue weighted by atomic mass is 10.0. The molecular weight excluding hydrogens is 342 g/mol. The van der Waals surface area contributed by atoms with Crippen molar-refractivity contribution in [2.24, 2.45) is 0 Å². The van der Waals surface area contributed by atoms with Crippen molar-refractivity contribution in [3.05, 3.63) is 47.5 Å². The van der Waals surface area contributed by atoms with Gasteiger partial charge in [0.15, 0.2) is 0 Å². The van der Waals surface area contributed by atoms with Crippen LogP contribution in [0.3, 0.4) is 0 Å². The van der Waals surface area contributed by atoms with E-state index in [0.29, 0.717) is 22.1 Å². The van der Waals surface area contributed by atoms with E-state index in [9.17, 15) is 9.59 Å². The third kappa shape index (κ3) is 3.25. The molecule has 0 radical (unpaired) electrons. The summed E-state index contributed by atoms with van der Waals surface area (Å²) in [6.07, 6.45) is 0. The lowest BCUT2D eigenvalue weighted by Gasteiger charge is -2.33. The molecule has 0 bridgehead atoms. The van der Waals surface area contributed by atoms with Crippen molar-refractivity contribution in [3.8, 4) is 5.75 Å². The molecule has 1 unspecified atom stereocenters. The Bertz CT molecular complexity index is 836. The van der Waals surface area contributed by atoms with Crippen LogP contribution in [0.15, 0.2) is 42.5 Å². The quantitative estimate of drug-likeness (QED) is 0.826. The molecule has 2 N–H and O–H groups in total. The van der Waals surface area contributed by atoms with Crippen LogP contribution in [0.2, 0.25) is 5.02 Å². The first-order valence-corrected chi connectivity index (χ1v) is 8.06. The lowest BCUT2D eigenvalue weighted by molar-refractivity contribution is -0.143. The number of nitrogens with one attached hydrogen (secondary N) is 2. The molecule has 1 aliphatic heterocycles. The highest BCUT2D eigenvalue weighted by atomic mass is 35.5. The van der Waals surface area contributed by atoms with E-state index in [1.165, 1.54) is 6.92 Å². The van der Waals surface area contributed by atoms with Crippen LogP contribution in [0.5, 0.6) is 5.75 Å². The summed E-state index contributed by atoms with van der Waals surface area (Å²) >= 11 is 5.91. The molecule has 0 saturated carbocycles. The highest BCUT2D eigenvalue weighted by Gasteiger charge is 2.47. The molecule has 0 aromatic heterocycles. The monoisotopic (exact) mass is 359 g/mol. The van der Waals surface area contributed by atoms with E-state index in [2.05, 4.69) is 10.6 Å². The van der Waals surface area contributed by atoms with Gasteiger partial charge < -0.3 is 20.3 Å². The molecule has 130 valence electrons. The highest BCUT2D eigenvalue weighted by Crippen LogP contribution is 2.36. The second-order valence-electron chi connectivity index (χ2n) is 6.13. The van der Waals surface area contributed by atoms with Crippen LogP contribution in [0, 0.1) is 0 Å². The summed E-state index contributed by atoms with van der Waals surface area (Å²) in [5.41, 5.74) is 0.344. The van der Waals surface area contributed by atoms with Crippen LogP contribution in [0.1, 0.15) is 6.92 Å². The molecule has 2 amide bonds. The van der Waals surface area contributed by atoms with Crippen LogP contribution in [0.4, 0.5) is 17.1 Å². The number of benzene rings is 2. The number of carbonyl (C=O) groups is 2. The second kappa shape index (κ2) is 6.29. The predicted octanol–water partition coefficient (Wildman–Crippen LogP) is 3.13. The fourth-order valence-electron chi connectivity index (χ4n) is 2.44. The zero-order valence-electron chi connectivity index (χ0n) is 14.1. The number of fused-ring (bicyclic) bond motifs is 1. The van der Waals surface area contributed by atoms with Crippen molar-refractivity contribution in [3.63, 3.8) is 0 Å². The summed E-state index contributed by atoms with van der Waals surface area (Å²) in [5.74, 6) is -0.711. The van der Waals surface area contributed by atoms with Crippen molar-refractivity contribution < 1.29 is 14.3 Å². The van der Waals surface area contributed by atoms with Gasteiger partial charge in [0.1, 0.15) is 5.75 Å². The summed E-state index contributed by atoms with van der Waals surface area (Å²) in [4.78, 5) is 27.0. The SMILES string of the molecule is CN(C)c1ccc(NC(=O)C2(C)Oc3ccc(Cl)cc3NC2=O)cc1. The standard InChI is InChI=1S/C18H18ClN3O3/c1-18(16(23)20-12-5-7-13(8-6-12)22(2)3)17(24)21-14-10-11(19)4-9-15(14)25-18/h4-10H,1-3H3,(H,20,23)(H,21,24). The van der Waals surface area contributed by atoms with Crippen molar-refractivity contribution in [2.45, 2.75) is 12.5 Å². The summed E-state index contributed by atoms with van der Waals surface area (Å²) in [6, 6.07) is 12.1. The molecule has 2 aromatic carbocycles. The van der Waals surface area contributed by atoms with Crippen LogP contribution in [-0.4, -0.2) is 31.5 Å². The zero-order chi connectivity index (χ0) is 18.2. The maximum absolute atomic E-state index is 12.7. The van der Waals surface area contributed by atoms with Gasteiger partial charge in [-0.1, -0.05) is 11.6 Å². The van der Waals surface area contributed by atoms with Gasteiger partial charge in [-0.15, -0.1) is 0 Å². The molecule has 7 heteroatoms. The van der Waals surface area contributed by atoms with E-state index in [-0.39, 0.29) is 0 Å². The molecule has 1 heterocycles. The molecule has 0 fully saturated rings. The number of ether oxygens (including phenoxy) is 1. The van der Waals surface area contributed by atoms with Crippen molar-refractivity contribution in [1.82, 2.24) is 0 Å². The Morgan fingerprint density at radius 3 is 2.52 bits per heavy atom. The Hall–Kier alpha value is -2.73. The number of hydrogen-bond donors (Lipinski definition) is 2. The molecule has 0 aliphatic carbocycles. The molecule has 3 rings (SSSR count). The Balaban J connectivity index is 1.81. The second-order valence-corrected chi connectivity index (χ2v) is 6.56. The largest absolute Gasteiger partial charge is 0.466 e. The van der Waals surface area contributed by atoms with E-state index in [1.54, 1.807) is 30.3 Å². The fraction of sp³-hybridized carbons (Fsp3) is 0.222. The number of nitrogens with zero attached hydrogens (tertiary/aromatic N) is 1. The van der Waals surface area contributed by atoms with Gasteiger partial charge in [-0.3, -0.25) is 9.59 Å². The Morgan fingerprint density at radius 1 is 1.20 bits per heavy atom. The van der Waals surface area contributed by atoms with Gasteiger partial charge in [0, 0.05) is 30.5 Å². The fourth-order valence-corrected chi connectivity index (χ4v) is 2.61. The number of halogens is 1. The molecule has 1 atom stereocenters. The summed E-state index contributed by atoms with van der Waals surface area (Å²) in [6.45, 7) is 1.43. The van der Waals surface area contributed by atoms with Gasteiger partial charge >= 0.3 is 0 Å². The van der Waals surface area contributed by atoms with E-state index < -0.39 is 17.4 Å². The van der Waals surface area contributed by atoms with E-state index in [1.807, 2.05) is 31.1 Å². The van der Waals surface area contributed by atoms with Crippen LogP contribution in [-0.2, 0) is 9.59 Å². The van der Waals surface area contributed by atoms with Gasteiger partial charge in [-0.2, -0.15) is 0 Å². The molecule has 6 nitrogen and oxygen atoms in total. The van der Waals surface area contributed by atoms with Crippen LogP contribution < -0.4 is 20.3 Å². The van der Waals surface area contributed by atoms with Crippen molar-refractivity contribution >= 4 is 40.5 Å². The summed E-state index contributed by atoms with van der Waals surface area (Å²) in [5, 5.41) is 5.86. The summed E-state index contributed by atoms with van der Waals surface area (Å²) in [7, 11) is 3.86. The molecule has 1 aliphatic rings. The maximum atomic E-state index is 12.7. The smallest absolute Gasteiger partial charge is 0.278 e. The number of rotatable bonds is 3. The third-order valence-electron chi connectivity index (χ3n) is 4.01. The zero-order valence-corrected chi connectivity index (χ0v) is 14.8. The Labute approximate surface area is 150 Å². The molecule has 0 spiro atoms. The van der Waals surface area contributed by atoms with E-state index in [0.717, 1.165) is 5.69 Å². The minimum absolute atomic E-state index is 0.393. The molecular formula is C18H18ClN3O3. The minimum Gasteiger partial charge on any atom is -0.466 e. The molecule has 0 saturated heterocycles. The van der Waals surface area contributed by atoms with Gasteiger partial charge in [0.25, 0.3) is 17.4 Å². The van der Waals surface area contributed by atoms with E-state index in [4.69, 9.17) is 16.3 Å². The molecule has 25 heavy (non-hydrogen) atoms. The van der Waals surface area contributed by atoms with Crippen LogP contribution >= 0.6 is 11.6 Å². The van der Waals surface area contributed by atoms with E-state index >= 15 is 0 Å². The first kappa shape index (κ1) is 17.1. The average Bonchev–Trinajstić information content (AvgIpc) is 2.56. The maximum Gasteiger partial charge on any atom is 0.278 e. The number of carbonyl (C=O) groups excluding carboxylic acids is 2. The topological polar surface area (TPSA) is 70.7 Å². The summed E-state index contributed by atoms with van der Waals surface area (Å²) < 4.78 is 5.69. The lowest BCUT2D eigenvalue weighted by Crippen LogP contribution is -2.56. The predicted molar refractivity (Wildman–Crippen MR) is 98.5 cm³/mol. The normalized spacial score (nSPS) is 18.6. The van der Waals surface area contributed by atoms with Crippen molar-refractivity contribution in [2.75, 3.05) is 29.6 Å². The number of hydrogen-bond acceptors (Lipinski definition) is 4. The first-order valence-electron chi connectivity index (χ1n) is 7.68. The van der Waals surface area contributed by atoms with Gasteiger partial charge in [-0.05, 0) is 49.4 Å². The van der Waals surface area contributed by atoms with Gasteiger partial charge in [0.05, 0.1) is 5.69 Å².